The Hall–Kier alpha value is -1.98. The molecule has 1 N–H and O–H groups in total. The summed E-state index contributed by atoms with van der Waals surface area (Å²) in [5, 5.41) is 11.3. The number of rotatable bonds is 3. The molecule has 3 aromatic rings. The van der Waals surface area contributed by atoms with Crippen LogP contribution in [0, 0.1) is 0 Å². The minimum atomic E-state index is -3.68. The molecule has 0 saturated heterocycles. The van der Waals surface area contributed by atoms with Crippen LogP contribution in [0.4, 0.5) is 8.78 Å². The Kier molecular flexibility index (Phi) is 3.42. The molecule has 0 aliphatic rings. The normalized spacial score (nSPS) is 13.7. The van der Waals surface area contributed by atoms with Gasteiger partial charge < -0.3 is 9.52 Å². The van der Waals surface area contributed by atoms with Gasteiger partial charge in [0.15, 0.2) is 11.9 Å². The minimum absolute atomic E-state index is 0.241. The number of ketones is 1. The molecule has 1 heterocycles. The van der Waals surface area contributed by atoms with Crippen LogP contribution >= 0.6 is 11.6 Å². The summed E-state index contributed by atoms with van der Waals surface area (Å²) in [6.07, 6.45) is -2.39. The van der Waals surface area contributed by atoms with Crippen molar-refractivity contribution in [3.63, 3.8) is 0 Å². The zero-order chi connectivity index (χ0) is 16.1. The van der Waals surface area contributed by atoms with E-state index in [1.54, 1.807) is 18.2 Å². The molecular weight excluding hydrogens is 314 g/mol. The van der Waals surface area contributed by atoms with Gasteiger partial charge in [-0.25, -0.2) is 0 Å². The van der Waals surface area contributed by atoms with Crippen molar-refractivity contribution in [3.8, 4) is 0 Å². The van der Waals surface area contributed by atoms with Gasteiger partial charge >= 0.3 is 5.92 Å². The van der Waals surface area contributed by atoms with Gasteiger partial charge in [-0.3, -0.25) is 4.79 Å². The van der Waals surface area contributed by atoms with Crippen LogP contribution in [0.1, 0.15) is 12.5 Å². The Bertz CT molecular complexity index is 886. The first-order valence-corrected chi connectivity index (χ1v) is 6.87. The number of benzene rings is 2. The van der Waals surface area contributed by atoms with Gasteiger partial charge in [-0.05, 0) is 31.2 Å². The summed E-state index contributed by atoms with van der Waals surface area (Å²) in [7, 11) is 0. The Labute approximate surface area is 129 Å². The number of Topliss-reactive ketones (excluding diaryl/α,β-unsaturated/α-hetero) is 1. The van der Waals surface area contributed by atoms with Crippen molar-refractivity contribution < 1.29 is 23.1 Å². The van der Waals surface area contributed by atoms with Crippen LogP contribution in [0.5, 0.6) is 0 Å². The molecule has 0 radical (unpaired) electrons. The molecule has 22 heavy (non-hydrogen) atoms. The fraction of sp³-hybridized carbons (Fsp3) is 0.188. The van der Waals surface area contributed by atoms with Crippen molar-refractivity contribution in [2.24, 2.45) is 0 Å². The van der Waals surface area contributed by atoms with E-state index in [1.807, 2.05) is 0 Å². The summed E-state index contributed by atoms with van der Waals surface area (Å²) >= 11 is 5.88. The van der Waals surface area contributed by atoms with Crippen LogP contribution in [0.25, 0.3) is 21.9 Å². The number of hydrogen-bond acceptors (Lipinski definition) is 3. The average Bonchev–Trinajstić information content (AvgIpc) is 2.82. The molecule has 1 aromatic heterocycles. The molecule has 0 spiro atoms. The lowest BCUT2D eigenvalue weighted by atomic mass is 9.99. The number of alkyl halides is 2. The van der Waals surface area contributed by atoms with Crippen LogP contribution in [-0.4, -0.2) is 17.0 Å². The number of aliphatic hydroxyl groups excluding tert-OH is 1. The van der Waals surface area contributed by atoms with Crippen molar-refractivity contribution in [1.29, 1.82) is 0 Å². The smallest absolute Gasteiger partial charge is 0.305 e. The number of fused-ring (bicyclic) bond motifs is 3. The predicted octanol–water partition coefficient (Wildman–Crippen LogP) is 4.28. The SMILES string of the molecule is CC(=O)C(O)C(F)(F)c1ccc2c(c1)oc1cc(Cl)ccc12. The molecule has 0 aliphatic heterocycles. The summed E-state index contributed by atoms with van der Waals surface area (Å²) in [5.74, 6) is -4.68. The maximum Gasteiger partial charge on any atom is 0.305 e. The van der Waals surface area contributed by atoms with Gasteiger partial charge in [0.1, 0.15) is 11.2 Å². The third kappa shape index (κ3) is 2.26. The average molecular weight is 325 g/mol. The second-order valence-electron chi connectivity index (χ2n) is 5.09. The maximum absolute atomic E-state index is 14.1. The minimum Gasteiger partial charge on any atom is -0.456 e. The summed E-state index contributed by atoms with van der Waals surface area (Å²) in [4.78, 5) is 11.0. The standard InChI is InChI=1S/C16H11ClF2O3/c1-8(20)15(21)16(18,19)9-2-4-11-12-5-3-10(17)7-14(12)22-13(11)6-9/h2-7,15,21H,1H3. The summed E-state index contributed by atoms with van der Waals surface area (Å²) in [6.45, 7) is 0.917. The number of hydrogen-bond donors (Lipinski definition) is 1. The van der Waals surface area contributed by atoms with Crippen LogP contribution in [0.3, 0.4) is 0 Å². The van der Waals surface area contributed by atoms with Gasteiger partial charge in [0.25, 0.3) is 0 Å². The molecular formula is C16H11ClF2O3. The molecule has 114 valence electrons. The van der Waals surface area contributed by atoms with E-state index in [0.29, 0.717) is 16.0 Å². The fourth-order valence-corrected chi connectivity index (χ4v) is 2.53. The number of carbonyl (C=O) groups is 1. The molecule has 0 bridgehead atoms. The highest BCUT2D eigenvalue weighted by Crippen LogP contribution is 2.37. The van der Waals surface area contributed by atoms with Crippen molar-refractivity contribution in [2.75, 3.05) is 0 Å². The molecule has 0 saturated carbocycles. The quantitative estimate of drug-likeness (QED) is 0.782. The highest BCUT2D eigenvalue weighted by molar-refractivity contribution is 6.31. The molecule has 3 rings (SSSR count). The Morgan fingerprint density at radius 2 is 1.77 bits per heavy atom. The zero-order valence-electron chi connectivity index (χ0n) is 11.4. The number of furan rings is 1. The maximum atomic E-state index is 14.1. The fourth-order valence-electron chi connectivity index (χ4n) is 2.37. The van der Waals surface area contributed by atoms with E-state index in [4.69, 9.17) is 16.0 Å². The third-order valence-corrected chi connectivity index (χ3v) is 3.78. The third-order valence-electron chi connectivity index (χ3n) is 3.55. The lowest BCUT2D eigenvalue weighted by Gasteiger charge is -2.20. The van der Waals surface area contributed by atoms with Crippen molar-refractivity contribution in [3.05, 3.63) is 47.0 Å². The van der Waals surface area contributed by atoms with E-state index < -0.39 is 23.4 Å². The molecule has 2 aromatic carbocycles. The second-order valence-corrected chi connectivity index (χ2v) is 5.53. The van der Waals surface area contributed by atoms with E-state index in [2.05, 4.69) is 0 Å². The monoisotopic (exact) mass is 324 g/mol. The summed E-state index contributed by atoms with van der Waals surface area (Å²) < 4.78 is 33.8. The second kappa shape index (κ2) is 5.04. The molecule has 3 nitrogen and oxygen atoms in total. The highest BCUT2D eigenvalue weighted by atomic mass is 35.5. The van der Waals surface area contributed by atoms with Crippen molar-refractivity contribution in [1.82, 2.24) is 0 Å². The zero-order valence-corrected chi connectivity index (χ0v) is 12.2. The molecule has 0 fully saturated rings. The first-order valence-electron chi connectivity index (χ1n) is 6.49. The van der Waals surface area contributed by atoms with Gasteiger partial charge in [0.2, 0.25) is 0 Å². The summed E-state index contributed by atoms with van der Waals surface area (Å²) in [6, 6.07) is 8.81. The molecule has 0 aliphatic carbocycles. The van der Waals surface area contributed by atoms with E-state index in [-0.39, 0.29) is 5.58 Å². The van der Waals surface area contributed by atoms with E-state index in [0.717, 1.165) is 18.4 Å². The molecule has 0 amide bonds. The number of halogens is 3. The van der Waals surface area contributed by atoms with Crippen LogP contribution in [-0.2, 0) is 10.7 Å². The van der Waals surface area contributed by atoms with Crippen LogP contribution in [0.2, 0.25) is 5.02 Å². The lowest BCUT2D eigenvalue weighted by molar-refractivity contribution is -0.152. The van der Waals surface area contributed by atoms with Gasteiger partial charge in [0, 0.05) is 27.4 Å². The van der Waals surface area contributed by atoms with Crippen LogP contribution < -0.4 is 0 Å². The van der Waals surface area contributed by atoms with Gasteiger partial charge in [-0.15, -0.1) is 0 Å². The molecule has 1 atom stereocenters. The largest absolute Gasteiger partial charge is 0.456 e. The Morgan fingerprint density at radius 1 is 1.18 bits per heavy atom. The Balaban J connectivity index is 2.18. The van der Waals surface area contributed by atoms with Crippen molar-refractivity contribution >= 4 is 39.3 Å². The van der Waals surface area contributed by atoms with Gasteiger partial charge in [0.05, 0.1) is 0 Å². The van der Waals surface area contributed by atoms with Crippen molar-refractivity contribution in [2.45, 2.75) is 19.0 Å². The Morgan fingerprint density at radius 3 is 2.41 bits per heavy atom. The number of aliphatic hydroxyl groups is 1. The molecule has 1 unspecified atom stereocenters. The van der Waals surface area contributed by atoms with Gasteiger partial charge in [-0.2, -0.15) is 8.78 Å². The highest BCUT2D eigenvalue weighted by Gasteiger charge is 2.43. The van der Waals surface area contributed by atoms with E-state index in [9.17, 15) is 18.7 Å². The van der Waals surface area contributed by atoms with Crippen LogP contribution in [0.15, 0.2) is 40.8 Å². The van der Waals surface area contributed by atoms with E-state index >= 15 is 0 Å². The number of carbonyl (C=O) groups excluding carboxylic acids is 1. The van der Waals surface area contributed by atoms with Gasteiger partial charge in [-0.1, -0.05) is 17.7 Å². The topological polar surface area (TPSA) is 50.4 Å². The predicted molar refractivity (Wildman–Crippen MR) is 79.3 cm³/mol. The summed E-state index contributed by atoms with van der Waals surface area (Å²) in [5.41, 5.74) is 0.244. The van der Waals surface area contributed by atoms with E-state index in [1.165, 1.54) is 12.1 Å². The molecule has 6 heteroatoms. The first kappa shape index (κ1) is 14.9. The first-order chi connectivity index (χ1) is 10.3. The lowest BCUT2D eigenvalue weighted by Crippen LogP contribution is -2.36.